The lowest BCUT2D eigenvalue weighted by molar-refractivity contribution is 0.808. The van der Waals surface area contributed by atoms with Crippen LogP contribution in [-0.4, -0.2) is 4.57 Å². The maximum absolute atomic E-state index is 2.55. The van der Waals surface area contributed by atoms with E-state index in [0.717, 1.165) is 6.54 Å². The minimum absolute atomic E-state index is 0.909. The van der Waals surface area contributed by atoms with Crippen LogP contribution in [0.4, 0.5) is 0 Å². The molecular weight excluding hydrogens is 494 g/mol. The fraction of sp³-hybridized carbons (Fsp3) is 0.150. The van der Waals surface area contributed by atoms with Gasteiger partial charge in [0.05, 0.1) is 11.2 Å². The van der Waals surface area contributed by atoms with Gasteiger partial charge in [0.15, 0.2) is 0 Å². The molecule has 0 bridgehead atoms. The van der Waals surface area contributed by atoms with Crippen LogP contribution in [0.2, 0.25) is 0 Å². The van der Waals surface area contributed by atoms with Crippen LogP contribution >= 0.6 is 0 Å². The Morgan fingerprint density at radius 1 is 0.463 bits per heavy atom. The molecule has 1 aromatic heterocycles. The van der Waals surface area contributed by atoms with Crippen LogP contribution in [0.25, 0.3) is 54.8 Å². The number of hydrogen-bond donors (Lipinski definition) is 0. The first-order chi connectivity index (χ1) is 20.0. The van der Waals surface area contributed by atoms with Crippen LogP contribution in [0, 0.1) is 27.7 Å². The van der Waals surface area contributed by atoms with E-state index in [2.05, 4.69) is 124 Å². The topological polar surface area (TPSA) is 4.93 Å². The first-order valence-corrected chi connectivity index (χ1v) is 14.6. The van der Waals surface area contributed by atoms with Crippen LogP contribution in [0.15, 0.2) is 121 Å². The largest absolute Gasteiger partial charge is 0.340 e. The fourth-order valence-electron chi connectivity index (χ4n) is 6.06. The monoisotopic (exact) mass is 531 g/mol. The molecule has 0 saturated heterocycles. The zero-order valence-corrected chi connectivity index (χ0v) is 24.7. The lowest BCUT2D eigenvalue weighted by atomic mass is 9.91. The maximum Gasteiger partial charge on any atom is 0.0577 e. The molecule has 202 valence electrons. The first kappa shape index (κ1) is 26.6. The van der Waals surface area contributed by atoms with Crippen molar-refractivity contribution in [2.24, 2.45) is 0 Å². The Morgan fingerprint density at radius 3 is 1.41 bits per heavy atom. The highest BCUT2D eigenvalue weighted by Crippen LogP contribution is 2.47. The second-order valence-corrected chi connectivity index (χ2v) is 11.2. The molecule has 41 heavy (non-hydrogen) atoms. The quantitative estimate of drug-likeness (QED) is 0.200. The maximum atomic E-state index is 2.55. The molecule has 0 aliphatic heterocycles. The van der Waals surface area contributed by atoms with Crippen LogP contribution in [-0.2, 0) is 6.54 Å². The van der Waals surface area contributed by atoms with Gasteiger partial charge in [-0.1, -0.05) is 144 Å². The Kier molecular flexibility index (Phi) is 7.20. The van der Waals surface area contributed by atoms with E-state index in [1.807, 2.05) is 36.4 Å². The summed E-state index contributed by atoms with van der Waals surface area (Å²) in [7, 11) is 0. The number of fused-ring (bicyclic) bond motifs is 6. The highest BCUT2D eigenvalue weighted by Gasteiger charge is 2.24. The third-order valence-electron chi connectivity index (χ3n) is 8.08. The van der Waals surface area contributed by atoms with Gasteiger partial charge in [-0.2, -0.15) is 0 Å². The smallest absolute Gasteiger partial charge is 0.0577 e. The van der Waals surface area contributed by atoms with E-state index in [0.29, 0.717) is 0 Å². The Hall–Kier alpha value is -4.62. The van der Waals surface area contributed by atoms with Crippen LogP contribution in [0.1, 0.15) is 29.2 Å². The lowest BCUT2D eigenvalue weighted by Gasteiger charge is -2.13. The molecule has 6 aromatic carbocycles. The SMILES string of the molecule is CCn1c(-c2ccc(C)cc2)c(-c2ccc(C)cc2)c2c3ccc(C)cc3c3cc(C)ccc3c21.c1ccccc1. The molecule has 0 unspecified atom stereocenters. The van der Waals surface area contributed by atoms with E-state index in [-0.39, 0.29) is 0 Å². The summed E-state index contributed by atoms with van der Waals surface area (Å²) >= 11 is 0. The van der Waals surface area contributed by atoms with Crippen LogP contribution in [0.5, 0.6) is 0 Å². The van der Waals surface area contributed by atoms with Crippen LogP contribution < -0.4 is 0 Å². The fourth-order valence-corrected chi connectivity index (χ4v) is 6.06. The van der Waals surface area contributed by atoms with Crippen molar-refractivity contribution in [1.29, 1.82) is 0 Å². The zero-order chi connectivity index (χ0) is 28.5. The Morgan fingerprint density at radius 2 is 0.902 bits per heavy atom. The van der Waals surface area contributed by atoms with Crippen molar-refractivity contribution in [2.75, 3.05) is 0 Å². The summed E-state index contributed by atoms with van der Waals surface area (Å²) in [4.78, 5) is 0. The minimum Gasteiger partial charge on any atom is -0.340 e. The predicted molar refractivity (Wildman–Crippen MR) is 179 cm³/mol. The summed E-state index contributed by atoms with van der Waals surface area (Å²) in [5, 5.41) is 6.71. The summed E-state index contributed by atoms with van der Waals surface area (Å²) in [6, 6.07) is 44.0. The van der Waals surface area contributed by atoms with Crippen molar-refractivity contribution in [1.82, 2.24) is 4.57 Å². The Balaban J connectivity index is 0.000000449. The van der Waals surface area contributed by atoms with Gasteiger partial charge in [0, 0.05) is 22.9 Å². The number of nitrogens with zero attached hydrogens (tertiary/aromatic N) is 1. The van der Waals surface area contributed by atoms with Gasteiger partial charge in [0.25, 0.3) is 0 Å². The summed E-state index contributed by atoms with van der Waals surface area (Å²) in [6.07, 6.45) is 0. The summed E-state index contributed by atoms with van der Waals surface area (Å²) in [5.41, 5.74) is 11.7. The van der Waals surface area contributed by atoms with E-state index in [1.54, 1.807) is 0 Å². The second-order valence-electron chi connectivity index (χ2n) is 11.2. The van der Waals surface area contributed by atoms with Gasteiger partial charge in [-0.15, -0.1) is 0 Å². The molecule has 0 N–H and O–H groups in total. The van der Waals surface area contributed by atoms with Gasteiger partial charge in [-0.3, -0.25) is 0 Å². The molecule has 7 aromatic rings. The summed E-state index contributed by atoms with van der Waals surface area (Å²) in [5.74, 6) is 0. The molecule has 0 atom stereocenters. The standard InChI is InChI=1S/C34H31N.C6H6/c1-6-35-33(26-15-9-22(3)10-16-26)31(25-13-7-21(2)8-14-25)32-27-17-11-23(4)19-29(27)30-20-24(5)12-18-28(30)34(32)35;1-2-4-6-5-3-1/h7-20H,6H2,1-5H3;1-6H. The summed E-state index contributed by atoms with van der Waals surface area (Å²) in [6.45, 7) is 11.9. The highest BCUT2D eigenvalue weighted by atomic mass is 15.0. The molecule has 0 amide bonds. The highest BCUT2D eigenvalue weighted by molar-refractivity contribution is 6.30. The van der Waals surface area contributed by atoms with Crippen molar-refractivity contribution < 1.29 is 0 Å². The summed E-state index contributed by atoms with van der Waals surface area (Å²) < 4.78 is 2.55. The molecule has 0 aliphatic carbocycles. The predicted octanol–water partition coefficient (Wildman–Crippen LogP) is 11.2. The first-order valence-electron chi connectivity index (χ1n) is 14.6. The molecule has 1 heterocycles. The molecule has 0 spiro atoms. The van der Waals surface area contributed by atoms with Crippen molar-refractivity contribution in [3.63, 3.8) is 0 Å². The zero-order valence-electron chi connectivity index (χ0n) is 24.7. The Bertz CT molecular complexity index is 1950. The average Bonchev–Trinajstić information content (AvgIpc) is 3.34. The third-order valence-corrected chi connectivity index (χ3v) is 8.08. The second kappa shape index (κ2) is 11.1. The van der Waals surface area contributed by atoms with Crippen molar-refractivity contribution in [3.8, 4) is 22.4 Å². The normalized spacial score (nSPS) is 11.1. The molecule has 1 heteroatoms. The molecule has 1 nitrogen and oxygen atoms in total. The molecular formula is C40H37N. The van der Waals surface area contributed by atoms with Gasteiger partial charge in [0.2, 0.25) is 0 Å². The number of benzene rings is 6. The van der Waals surface area contributed by atoms with E-state index in [9.17, 15) is 0 Å². The number of aryl methyl sites for hydroxylation is 5. The van der Waals surface area contributed by atoms with Crippen molar-refractivity contribution in [3.05, 3.63) is 144 Å². The third kappa shape index (κ3) is 4.93. The number of hydrogen-bond acceptors (Lipinski definition) is 0. The molecule has 0 radical (unpaired) electrons. The molecule has 7 rings (SSSR count). The van der Waals surface area contributed by atoms with E-state index < -0.39 is 0 Å². The average molecular weight is 532 g/mol. The number of rotatable bonds is 3. The van der Waals surface area contributed by atoms with Gasteiger partial charge in [0.1, 0.15) is 0 Å². The Labute approximate surface area is 243 Å². The minimum atomic E-state index is 0.909. The van der Waals surface area contributed by atoms with Gasteiger partial charge in [-0.25, -0.2) is 0 Å². The number of aromatic nitrogens is 1. The van der Waals surface area contributed by atoms with E-state index >= 15 is 0 Å². The van der Waals surface area contributed by atoms with E-state index in [1.165, 1.54) is 77.1 Å². The van der Waals surface area contributed by atoms with Gasteiger partial charge < -0.3 is 4.57 Å². The van der Waals surface area contributed by atoms with Gasteiger partial charge >= 0.3 is 0 Å². The molecule has 0 saturated carbocycles. The molecule has 0 fully saturated rings. The molecule has 0 aliphatic rings. The van der Waals surface area contributed by atoms with Gasteiger partial charge in [-0.05, 0) is 61.9 Å². The van der Waals surface area contributed by atoms with Crippen molar-refractivity contribution >= 4 is 32.4 Å². The van der Waals surface area contributed by atoms with Crippen LogP contribution in [0.3, 0.4) is 0 Å². The van der Waals surface area contributed by atoms with Crippen molar-refractivity contribution in [2.45, 2.75) is 41.2 Å². The van der Waals surface area contributed by atoms with E-state index in [4.69, 9.17) is 0 Å². The lowest BCUT2D eigenvalue weighted by Crippen LogP contribution is -1.98.